The predicted octanol–water partition coefficient (Wildman–Crippen LogP) is 3.97. The Morgan fingerprint density at radius 3 is 2.78 bits per heavy atom. The number of rotatable bonds is 4. The van der Waals surface area contributed by atoms with Crippen LogP contribution in [0.25, 0.3) is 0 Å². The van der Waals surface area contributed by atoms with E-state index >= 15 is 0 Å². The van der Waals surface area contributed by atoms with E-state index in [2.05, 4.69) is 10.3 Å². The van der Waals surface area contributed by atoms with Gasteiger partial charge in [-0.15, -0.1) is 11.3 Å². The Bertz CT molecular complexity index is 588. The van der Waals surface area contributed by atoms with Crippen molar-refractivity contribution in [1.82, 2.24) is 4.98 Å². The highest BCUT2D eigenvalue weighted by atomic mass is 35.5. The minimum atomic E-state index is -0.521. The molecule has 2 aromatic rings. The number of hydrogen-bond donors (Lipinski definition) is 1. The molecule has 0 radical (unpaired) electrons. The van der Waals surface area contributed by atoms with Crippen LogP contribution in [0, 0.1) is 10.1 Å². The standard InChI is InChI=1S/C10H7Cl2N3O2S/c11-7-3-6(1-2-8(7)15(16)17)13-5-10-14-4-9(12)18-10/h1-4,13H,5H2. The van der Waals surface area contributed by atoms with Crippen molar-refractivity contribution < 1.29 is 4.92 Å². The normalized spacial score (nSPS) is 10.3. The van der Waals surface area contributed by atoms with Gasteiger partial charge in [0.25, 0.3) is 5.69 Å². The SMILES string of the molecule is O=[N+]([O-])c1ccc(NCc2ncc(Cl)s2)cc1Cl. The highest BCUT2D eigenvalue weighted by Crippen LogP contribution is 2.27. The first-order chi connectivity index (χ1) is 8.56. The minimum Gasteiger partial charge on any atom is -0.378 e. The molecule has 0 aliphatic heterocycles. The number of nitrogens with one attached hydrogen (secondary N) is 1. The number of nitro groups is 1. The first kappa shape index (κ1) is 13.1. The minimum absolute atomic E-state index is 0.0992. The lowest BCUT2D eigenvalue weighted by atomic mass is 10.3. The second-order valence-corrected chi connectivity index (χ2v) is 5.49. The molecule has 1 N–H and O–H groups in total. The fourth-order valence-corrected chi connectivity index (χ4v) is 2.46. The molecule has 94 valence electrons. The molecule has 0 saturated carbocycles. The van der Waals surface area contributed by atoms with Gasteiger partial charge in [-0.2, -0.15) is 0 Å². The Labute approximate surface area is 117 Å². The van der Waals surface area contributed by atoms with Crippen LogP contribution in [0.15, 0.2) is 24.4 Å². The number of anilines is 1. The average Bonchev–Trinajstić information content (AvgIpc) is 2.72. The van der Waals surface area contributed by atoms with Crippen molar-refractivity contribution in [2.45, 2.75) is 6.54 Å². The van der Waals surface area contributed by atoms with Crippen LogP contribution in [0.3, 0.4) is 0 Å². The summed E-state index contributed by atoms with van der Waals surface area (Å²) < 4.78 is 0.619. The van der Waals surface area contributed by atoms with E-state index in [1.807, 2.05) is 0 Å². The van der Waals surface area contributed by atoms with Gasteiger partial charge in [-0.25, -0.2) is 4.98 Å². The number of halogens is 2. The second kappa shape index (κ2) is 5.51. The molecular weight excluding hydrogens is 297 g/mol. The molecule has 1 heterocycles. The Hall–Kier alpha value is -1.37. The molecule has 0 spiro atoms. The lowest BCUT2D eigenvalue weighted by Crippen LogP contribution is -1.99. The van der Waals surface area contributed by atoms with Crippen LogP contribution < -0.4 is 5.32 Å². The van der Waals surface area contributed by atoms with E-state index in [9.17, 15) is 10.1 Å². The van der Waals surface area contributed by atoms with Crippen molar-refractivity contribution in [3.8, 4) is 0 Å². The molecule has 5 nitrogen and oxygen atoms in total. The fraction of sp³-hybridized carbons (Fsp3) is 0.100. The third-order valence-corrected chi connectivity index (χ3v) is 3.53. The van der Waals surface area contributed by atoms with Crippen molar-refractivity contribution >= 4 is 45.9 Å². The highest BCUT2D eigenvalue weighted by molar-refractivity contribution is 7.15. The zero-order valence-corrected chi connectivity index (χ0v) is 11.2. The molecule has 0 bridgehead atoms. The van der Waals surface area contributed by atoms with Crippen molar-refractivity contribution in [3.05, 3.63) is 48.9 Å². The van der Waals surface area contributed by atoms with Gasteiger partial charge >= 0.3 is 0 Å². The van der Waals surface area contributed by atoms with Gasteiger partial charge in [0, 0.05) is 11.8 Å². The van der Waals surface area contributed by atoms with Crippen molar-refractivity contribution in [2.24, 2.45) is 0 Å². The van der Waals surface area contributed by atoms with Gasteiger partial charge in [-0.05, 0) is 12.1 Å². The number of nitro benzene ring substituents is 1. The molecule has 8 heteroatoms. The topological polar surface area (TPSA) is 68.1 Å². The van der Waals surface area contributed by atoms with Gasteiger partial charge in [-0.3, -0.25) is 10.1 Å². The number of hydrogen-bond acceptors (Lipinski definition) is 5. The molecule has 18 heavy (non-hydrogen) atoms. The Kier molecular flexibility index (Phi) is 4.00. The van der Waals surface area contributed by atoms with Crippen molar-refractivity contribution in [2.75, 3.05) is 5.32 Å². The first-order valence-corrected chi connectivity index (χ1v) is 6.41. The number of thiazole rings is 1. The van der Waals surface area contributed by atoms with Crippen LogP contribution in [0.1, 0.15) is 5.01 Å². The molecular formula is C10H7Cl2N3O2S. The Balaban J connectivity index is 2.06. The quantitative estimate of drug-likeness (QED) is 0.685. The van der Waals surface area contributed by atoms with E-state index < -0.39 is 4.92 Å². The summed E-state index contributed by atoms with van der Waals surface area (Å²) in [6.07, 6.45) is 1.58. The van der Waals surface area contributed by atoms with Crippen LogP contribution in [-0.2, 0) is 6.54 Å². The van der Waals surface area contributed by atoms with Crippen LogP contribution in [0.5, 0.6) is 0 Å². The summed E-state index contributed by atoms with van der Waals surface area (Å²) in [5.41, 5.74) is 0.580. The Morgan fingerprint density at radius 2 is 2.22 bits per heavy atom. The van der Waals surface area contributed by atoms with E-state index in [0.29, 0.717) is 16.6 Å². The van der Waals surface area contributed by atoms with Gasteiger partial charge in [0.05, 0.1) is 17.7 Å². The summed E-state index contributed by atoms with van der Waals surface area (Å²) in [7, 11) is 0. The van der Waals surface area contributed by atoms with Crippen molar-refractivity contribution in [1.29, 1.82) is 0 Å². The molecule has 1 aromatic heterocycles. The van der Waals surface area contributed by atoms with Gasteiger partial charge in [0.15, 0.2) is 0 Å². The Morgan fingerprint density at radius 1 is 1.44 bits per heavy atom. The van der Waals surface area contributed by atoms with Crippen molar-refractivity contribution in [3.63, 3.8) is 0 Å². The molecule has 0 amide bonds. The largest absolute Gasteiger partial charge is 0.378 e. The summed E-state index contributed by atoms with van der Waals surface area (Å²) >= 11 is 12.9. The zero-order valence-electron chi connectivity index (χ0n) is 8.89. The third-order valence-electron chi connectivity index (χ3n) is 2.11. The summed E-state index contributed by atoms with van der Waals surface area (Å²) in [6, 6.07) is 4.47. The van der Waals surface area contributed by atoms with E-state index in [0.717, 1.165) is 5.01 Å². The molecule has 1 aromatic carbocycles. The second-order valence-electron chi connectivity index (χ2n) is 3.33. The number of nitrogens with zero attached hydrogens (tertiary/aromatic N) is 2. The van der Waals surface area contributed by atoms with Crippen LogP contribution in [-0.4, -0.2) is 9.91 Å². The predicted molar refractivity (Wildman–Crippen MR) is 72.6 cm³/mol. The first-order valence-electron chi connectivity index (χ1n) is 4.84. The van der Waals surface area contributed by atoms with Gasteiger partial charge in [0.1, 0.15) is 14.4 Å². The van der Waals surface area contributed by atoms with E-state index in [4.69, 9.17) is 23.2 Å². The van der Waals surface area contributed by atoms with Gasteiger partial charge in [-0.1, -0.05) is 23.2 Å². The number of benzene rings is 1. The lowest BCUT2D eigenvalue weighted by molar-refractivity contribution is -0.384. The maximum Gasteiger partial charge on any atom is 0.288 e. The third kappa shape index (κ3) is 3.10. The molecule has 0 saturated heterocycles. The van der Waals surface area contributed by atoms with Gasteiger partial charge in [0.2, 0.25) is 0 Å². The average molecular weight is 304 g/mol. The van der Waals surface area contributed by atoms with E-state index in [1.54, 1.807) is 12.3 Å². The lowest BCUT2D eigenvalue weighted by Gasteiger charge is -2.04. The summed E-state index contributed by atoms with van der Waals surface area (Å²) in [5.74, 6) is 0. The summed E-state index contributed by atoms with van der Waals surface area (Å²) in [6.45, 7) is 0.492. The molecule has 0 aliphatic rings. The molecule has 0 atom stereocenters. The monoisotopic (exact) mass is 303 g/mol. The highest BCUT2D eigenvalue weighted by Gasteiger charge is 2.12. The summed E-state index contributed by atoms with van der Waals surface area (Å²) in [4.78, 5) is 14.2. The van der Waals surface area contributed by atoms with Crippen LogP contribution in [0.2, 0.25) is 9.36 Å². The number of aromatic nitrogens is 1. The molecule has 0 aliphatic carbocycles. The molecule has 0 unspecified atom stereocenters. The van der Waals surface area contributed by atoms with Crippen LogP contribution >= 0.6 is 34.5 Å². The molecule has 0 fully saturated rings. The molecule has 2 rings (SSSR count). The van der Waals surface area contributed by atoms with E-state index in [-0.39, 0.29) is 10.7 Å². The zero-order chi connectivity index (χ0) is 13.1. The summed E-state index contributed by atoms with van der Waals surface area (Å²) in [5, 5.41) is 14.6. The van der Waals surface area contributed by atoms with Crippen LogP contribution in [0.4, 0.5) is 11.4 Å². The fourth-order valence-electron chi connectivity index (χ4n) is 1.31. The van der Waals surface area contributed by atoms with Gasteiger partial charge < -0.3 is 5.32 Å². The maximum absolute atomic E-state index is 10.6. The van der Waals surface area contributed by atoms with E-state index in [1.165, 1.54) is 23.5 Å². The smallest absolute Gasteiger partial charge is 0.288 e. The maximum atomic E-state index is 10.6.